The second-order valence-electron chi connectivity index (χ2n) is 10.7. The van der Waals surface area contributed by atoms with E-state index >= 15 is 0 Å². The van der Waals surface area contributed by atoms with Crippen LogP contribution in [0.15, 0.2) is 12.1 Å². The Morgan fingerprint density at radius 3 is 1.95 bits per heavy atom. The maximum Gasteiger partial charge on any atom is 0.490 e. The maximum absolute atomic E-state index is 12.8. The molecule has 4 N–H and O–H groups in total. The zero-order chi connectivity index (χ0) is 32.2. The van der Waals surface area contributed by atoms with Crippen LogP contribution in [0.1, 0.15) is 55.3 Å². The monoisotopic (exact) mass is 657 g/mol. The number of benzene rings is 1. The number of likely N-dealkylation sites (tertiary alicyclic amines) is 1. The van der Waals surface area contributed by atoms with Gasteiger partial charge < -0.3 is 30.7 Å². The summed E-state index contributed by atoms with van der Waals surface area (Å²) >= 11 is 6.10. The molecule has 3 rings (SSSR count). The van der Waals surface area contributed by atoms with Crippen LogP contribution in [0.3, 0.4) is 0 Å². The molecule has 2 heterocycles. The molecule has 11 nitrogen and oxygen atoms in total. The Hall–Kier alpha value is -2.33. The molecule has 0 atom stereocenters. The number of carboxylic acids is 1. The summed E-state index contributed by atoms with van der Waals surface area (Å²) in [6, 6.07) is 3.30. The van der Waals surface area contributed by atoms with Gasteiger partial charge in [-0.1, -0.05) is 30.9 Å². The van der Waals surface area contributed by atoms with Crippen LogP contribution in [0.5, 0.6) is 5.75 Å². The predicted octanol–water partition coefficient (Wildman–Crippen LogP) is 3.29. The normalized spacial score (nSPS) is 17.6. The van der Waals surface area contributed by atoms with Crippen LogP contribution in [0.4, 0.5) is 18.9 Å². The highest BCUT2D eigenvalue weighted by Gasteiger charge is 2.38. The van der Waals surface area contributed by atoms with Crippen molar-refractivity contribution in [2.75, 3.05) is 71.5 Å². The van der Waals surface area contributed by atoms with Gasteiger partial charge in [0.2, 0.25) is 10.0 Å². The molecule has 2 saturated heterocycles. The summed E-state index contributed by atoms with van der Waals surface area (Å²) in [5, 5.41) is 10.6. The van der Waals surface area contributed by atoms with E-state index in [4.69, 9.17) is 32.0 Å². The lowest BCUT2D eigenvalue weighted by molar-refractivity contribution is -0.192. The topological polar surface area (TPSA) is 146 Å². The first-order valence-corrected chi connectivity index (χ1v) is 16.5. The molecule has 2 fully saturated rings. The molecule has 0 saturated carbocycles. The van der Waals surface area contributed by atoms with Crippen LogP contribution in [-0.4, -0.2) is 117 Å². The zero-order valence-electron chi connectivity index (χ0n) is 24.7. The van der Waals surface area contributed by atoms with Gasteiger partial charge in [-0.05, 0) is 44.8 Å². The summed E-state index contributed by atoms with van der Waals surface area (Å²) in [7, 11) is -1.53. The number of nitrogens with one attached hydrogen (secondary N) is 1. The minimum atomic E-state index is -5.08. The molecule has 1 aromatic rings. The van der Waals surface area contributed by atoms with Gasteiger partial charge >= 0.3 is 12.1 Å². The molecular formula is C27H43ClF3N5O6S. The number of rotatable bonds is 12. The van der Waals surface area contributed by atoms with Gasteiger partial charge in [0, 0.05) is 51.4 Å². The largest absolute Gasteiger partial charge is 0.496 e. The van der Waals surface area contributed by atoms with E-state index in [2.05, 4.69) is 15.1 Å². The Balaban J connectivity index is 0.000000821. The number of anilines is 1. The third-order valence-electron chi connectivity index (χ3n) is 7.48. The van der Waals surface area contributed by atoms with Crippen LogP contribution < -0.4 is 15.8 Å². The fraction of sp³-hybridized carbons (Fsp3) is 0.704. The number of piperazine rings is 1. The van der Waals surface area contributed by atoms with E-state index < -0.39 is 22.2 Å². The van der Waals surface area contributed by atoms with Crippen molar-refractivity contribution in [2.45, 2.75) is 57.2 Å². The first-order chi connectivity index (χ1) is 20.1. The number of carbonyl (C=O) groups excluding carboxylic acids is 1. The second kappa shape index (κ2) is 17.2. The van der Waals surface area contributed by atoms with Crippen molar-refractivity contribution < 1.29 is 41.0 Å². The smallest absolute Gasteiger partial charge is 0.490 e. The van der Waals surface area contributed by atoms with Crippen LogP contribution in [0.25, 0.3) is 0 Å². The lowest BCUT2D eigenvalue weighted by Gasteiger charge is -2.33. The highest BCUT2D eigenvalue weighted by Crippen LogP contribution is 2.29. The Morgan fingerprint density at radius 1 is 1.00 bits per heavy atom. The van der Waals surface area contributed by atoms with Crippen molar-refractivity contribution >= 4 is 39.2 Å². The molecule has 1 aromatic carbocycles. The van der Waals surface area contributed by atoms with E-state index in [0.717, 1.165) is 52.1 Å². The summed E-state index contributed by atoms with van der Waals surface area (Å²) in [4.78, 5) is 26.5. The molecular weight excluding hydrogens is 615 g/mol. The number of hydrogen-bond donors (Lipinski definition) is 3. The lowest BCUT2D eigenvalue weighted by atomic mass is 10.0. The third kappa shape index (κ3) is 13.1. The number of aliphatic carboxylic acids is 1. The van der Waals surface area contributed by atoms with E-state index in [9.17, 15) is 26.4 Å². The Kier molecular flexibility index (Phi) is 14.8. The average Bonchev–Trinajstić information content (AvgIpc) is 2.94. The first kappa shape index (κ1) is 36.9. The number of methoxy groups -OCH3 is 1. The van der Waals surface area contributed by atoms with Gasteiger partial charge in [-0.15, -0.1) is 0 Å². The molecule has 2 aliphatic rings. The van der Waals surface area contributed by atoms with Gasteiger partial charge in [-0.2, -0.15) is 17.5 Å². The maximum atomic E-state index is 12.8. The Bertz CT molecular complexity index is 1160. The van der Waals surface area contributed by atoms with Crippen molar-refractivity contribution in [3.63, 3.8) is 0 Å². The minimum absolute atomic E-state index is 0.147. The van der Waals surface area contributed by atoms with E-state index in [-0.39, 0.29) is 11.9 Å². The number of piperidine rings is 1. The summed E-state index contributed by atoms with van der Waals surface area (Å²) in [6.07, 6.45) is 4.14. The molecule has 43 heavy (non-hydrogen) atoms. The molecule has 16 heteroatoms. The quantitative estimate of drug-likeness (QED) is 0.228. The predicted molar refractivity (Wildman–Crippen MR) is 159 cm³/mol. The lowest BCUT2D eigenvalue weighted by Crippen LogP contribution is -2.48. The zero-order valence-corrected chi connectivity index (χ0v) is 26.2. The highest BCUT2D eigenvalue weighted by atomic mass is 35.5. The van der Waals surface area contributed by atoms with Crippen molar-refractivity contribution in [2.24, 2.45) is 0 Å². The number of unbranched alkanes of at least 4 members (excludes halogenated alkanes) is 4. The second-order valence-corrected chi connectivity index (χ2v) is 13.1. The molecule has 0 bridgehead atoms. The molecule has 0 unspecified atom stereocenters. The number of carbonyl (C=O) groups is 2. The number of nitrogen functional groups attached to an aromatic ring is 1. The van der Waals surface area contributed by atoms with Gasteiger partial charge in [-0.25, -0.2) is 13.2 Å². The molecule has 0 spiro atoms. The van der Waals surface area contributed by atoms with Gasteiger partial charge in [0.15, 0.2) is 0 Å². The third-order valence-corrected chi connectivity index (χ3v) is 9.11. The summed E-state index contributed by atoms with van der Waals surface area (Å²) in [5.74, 6) is -2.50. The number of nitrogens with two attached hydrogens (primary N) is 1. The Labute approximate surface area is 256 Å². The Morgan fingerprint density at radius 2 is 1.49 bits per heavy atom. The number of sulfonamides is 1. The molecule has 246 valence electrons. The number of amides is 1. The summed E-state index contributed by atoms with van der Waals surface area (Å²) in [6.45, 7) is 7.05. The van der Waals surface area contributed by atoms with Crippen molar-refractivity contribution in [3.8, 4) is 5.75 Å². The summed E-state index contributed by atoms with van der Waals surface area (Å²) in [5.41, 5.74) is 6.62. The van der Waals surface area contributed by atoms with E-state index in [1.165, 1.54) is 45.5 Å². The number of alkyl halides is 3. The van der Waals surface area contributed by atoms with Gasteiger partial charge in [0.1, 0.15) is 5.75 Å². The average molecular weight is 658 g/mol. The van der Waals surface area contributed by atoms with Crippen molar-refractivity contribution in [1.29, 1.82) is 0 Å². The summed E-state index contributed by atoms with van der Waals surface area (Å²) < 4.78 is 61.8. The molecule has 2 aliphatic heterocycles. The van der Waals surface area contributed by atoms with Crippen LogP contribution in [0, 0.1) is 0 Å². The molecule has 0 aromatic heterocycles. The van der Waals surface area contributed by atoms with Crippen LogP contribution in [-0.2, 0) is 14.8 Å². The first-order valence-electron chi connectivity index (χ1n) is 14.3. The van der Waals surface area contributed by atoms with Gasteiger partial charge in [-0.3, -0.25) is 4.79 Å². The molecule has 0 aliphatic carbocycles. The van der Waals surface area contributed by atoms with Gasteiger partial charge in [0.25, 0.3) is 5.91 Å². The number of halogens is 4. The van der Waals surface area contributed by atoms with Crippen LogP contribution >= 0.6 is 11.6 Å². The van der Waals surface area contributed by atoms with E-state index in [0.29, 0.717) is 35.1 Å². The van der Waals surface area contributed by atoms with Crippen LogP contribution in [0.2, 0.25) is 5.02 Å². The number of carboxylic acid groups (broad SMARTS) is 1. The van der Waals surface area contributed by atoms with E-state index in [1.54, 1.807) is 16.4 Å². The fourth-order valence-electron chi connectivity index (χ4n) is 4.97. The van der Waals surface area contributed by atoms with Crippen molar-refractivity contribution in [1.82, 2.24) is 19.4 Å². The number of ether oxygens (including phenoxy) is 1. The highest BCUT2D eigenvalue weighted by molar-refractivity contribution is 7.88. The SMILES string of the molecule is COc1cc(N)c(Cl)cc1C(=O)NC1CCN(CCCCCCCN2CCN(S(C)(=O)=O)CC2)CC1.O=C(O)C(F)(F)F. The van der Waals surface area contributed by atoms with Crippen molar-refractivity contribution in [3.05, 3.63) is 22.7 Å². The molecule has 0 radical (unpaired) electrons. The van der Waals surface area contributed by atoms with E-state index in [1.807, 2.05) is 0 Å². The minimum Gasteiger partial charge on any atom is -0.496 e. The fourth-order valence-corrected chi connectivity index (χ4v) is 5.96. The number of hydrogen-bond acceptors (Lipinski definition) is 8. The molecule has 1 amide bonds. The standard InChI is InChI=1S/C25H42ClN5O4S.C2HF3O2/c1-35-24-19-23(27)22(26)18-21(24)25(32)28-20-8-12-29(13-9-20)10-6-4-3-5-7-11-30-14-16-31(17-15-30)36(2,33)34;3-2(4,5)1(6)7/h18-20H,3-17,27H2,1-2H3,(H,28,32);(H,6,7). The number of nitrogens with zero attached hydrogens (tertiary/aromatic N) is 3. The van der Waals surface area contributed by atoms with Gasteiger partial charge in [0.05, 0.1) is 29.6 Å².